The van der Waals surface area contributed by atoms with E-state index in [1.165, 1.54) is 18.5 Å². The molecule has 0 spiro atoms. The van der Waals surface area contributed by atoms with Gasteiger partial charge in [0.25, 0.3) is 0 Å². The Balaban J connectivity index is 4.81. The first-order valence-electron chi connectivity index (χ1n) is 8.79. The zero-order valence-corrected chi connectivity index (χ0v) is 15.2. The van der Waals surface area contributed by atoms with E-state index in [1.807, 2.05) is 12.2 Å². The predicted octanol–water partition coefficient (Wildman–Crippen LogP) is 5.84. The van der Waals surface area contributed by atoms with E-state index >= 15 is 0 Å². The van der Waals surface area contributed by atoms with Gasteiger partial charge in [-0.15, -0.1) is 0 Å². The second kappa shape index (κ2) is 13.2. The average Bonchev–Trinajstić information content (AvgIpc) is 2.53. The number of allylic oxidation sites excluding steroid dienone is 6. The lowest BCUT2D eigenvalue weighted by Crippen LogP contribution is -2.25. The number of unbranched alkanes of at least 4 members (excludes halogenated alkanes) is 1. The molecule has 124 valence electrons. The molecule has 0 aromatic rings. The van der Waals surface area contributed by atoms with Crippen molar-refractivity contribution in [2.75, 3.05) is 13.1 Å². The molecular formula is C20H34N2. The molecule has 0 rings (SSSR count). The molecule has 0 saturated heterocycles. The van der Waals surface area contributed by atoms with E-state index in [0.29, 0.717) is 0 Å². The molecule has 2 heteroatoms. The summed E-state index contributed by atoms with van der Waals surface area (Å²) in [5, 5.41) is 9.18. The Hall–Kier alpha value is -1.49. The lowest BCUT2D eigenvalue weighted by Gasteiger charge is -2.26. The van der Waals surface area contributed by atoms with E-state index in [-0.39, 0.29) is 0 Å². The van der Waals surface area contributed by atoms with Gasteiger partial charge in [-0.1, -0.05) is 46.6 Å². The highest BCUT2D eigenvalue weighted by atomic mass is 15.1. The molecule has 0 aliphatic heterocycles. The molecule has 0 radical (unpaired) electrons. The zero-order chi connectivity index (χ0) is 16.8. The van der Waals surface area contributed by atoms with Crippen LogP contribution >= 0.6 is 0 Å². The van der Waals surface area contributed by atoms with E-state index in [0.717, 1.165) is 43.8 Å². The highest BCUT2D eigenvalue weighted by molar-refractivity contribution is 5.36. The Bertz CT molecular complexity index is 410. The van der Waals surface area contributed by atoms with Crippen molar-refractivity contribution in [3.8, 4) is 6.07 Å². The number of rotatable bonds is 11. The van der Waals surface area contributed by atoms with Gasteiger partial charge in [0.1, 0.15) is 0 Å². The van der Waals surface area contributed by atoms with Crippen molar-refractivity contribution in [2.45, 2.75) is 66.7 Å². The van der Waals surface area contributed by atoms with Gasteiger partial charge in [-0.05, 0) is 50.3 Å². The molecule has 0 fully saturated rings. The van der Waals surface area contributed by atoms with Gasteiger partial charge >= 0.3 is 0 Å². The summed E-state index contributed by atoms with van der Waals surface area (Å²) in [7, 11) is 0. The summed E-state index contributed by atoms with van der Waals surface area (Å²) in [6.45, 7) is 13.3. The van der Waals surface area contributed by atoms with E-state index in [9.17, 15) is 5.26 Å². The van der Waals surface area contributed by atoms with Crippen molar-refractivity contribution in [2.24, 2.45) is 5.92 Å². The maximum atomic E-state index is 9.18. The van der Waals surface area contributed by atoms with Crippen LogP contribution in [0.2, 0.25) is 0 Å². The fourth-order valence-corrected chi connectivity index (χ4v) is 2.14. The standard InChI is InChI=1S/C20H34N2/c1-6-9-10-11-20(17-21)13-12-19(5)22(15-7-2)16-14-18(4)8-3/h10-13,18H,6-9,14-16H2,1-5H3/b11-10-,19-12+,20-13+. The van der Waals surface area contributed by atoms with Crippen molar-refractivity contribution in [1.29, 1.82) is 5.26 Å². The van der Waals surface area contributed by atoms with Crippen LogP contribution in [0.3, 0.4) is 0 Å². The fourth-order valence-electron chi connectivity index (χ4n) is 2.14. The van der Waals surface area contributed by atoms with Crippen molar-refractivity contribution >= 4 is 0 Å². The number of hydrogen-bond donors (Lipinski definition) is 0. The third-order valence-electron chi connectivity index (χ3n) is 3.97. The van der Waals surface area contributed by atoms with Gasteiger partial charge in [0, 0.05) is 18.8 Å². The van der Waals surface area contributed by atoms with Gasteiger partial charge in [0.2, 0.25) is 0 Å². The van der Waals surface area contributed by atoms with E-state index in [2.05, 4.69) is 57.7 Å². The molecule has 0 saturated carbocycles. The molecule has 22 heavy (non-hydrogen) atoms. The maximum Gasteiger partial charge on any atom is 0.0991 e. The summed E-state index contributed by atoms with van der Waals surface area (Å²) >= 11 is 0. The largest absolute Gasteiger partial charge is 0.375 e. The average molecular weight is 303 g/mol. The summed E-state index contributed by atoms with van der Waals surface area (Å²) in [5.41, 5.74) is 1.98. The second-order valence-electron chi connectivity index (χ2n) is 6.02. The van der Waals surface area contributed by atoms with Crippen LogP contribution < -0.4 is 0 Å². The van der Waals surface area contributed by atoms with Crippen molar-refractivity contribution in [1.82, 2.24) is 4.90 Å². The minimum atomic E-state index is 0.728. The van der Waals surface area contributed by atoms with Crippen LogP contribution in [0.4, 0.5) is 0 Å². The second-order valence-corrected chi connectivity index (χ2v) is 6.02. The third kappa shape index (κ3) is 9.45. The number of hydrogen-bond acceptors (Lipinski definition) is 2. The fraction of sp³-hybridized carbons (Fsp3) is 0.650. The van der Waals surface area contributed by atoms with Crippen LogP contribution in [0.25, 0.3) is 0 Å². The Kier molecular flexibility index (Phi) is 12.3. The highest BCUT2D eigenvalue weighted by Crippen LogP contribution is 2.12. The van der Waals surface area contributed by atoms with Gasteiger partial charge in [0.05, 0.1) is 11.6 Å². The Morgan fingerprint density at radius 2 is 1.86 bits per heavy atom. The lowest BCUT2D eigenvalue weighted by atomic mass is 10.0. The molecule has 1 unspecified atom stereocenters. The van der Waals surface area contributed by atoms with Crippen LogP contribution in [0.15, 0.2) is 35.6 Å². The SMILES string of the molecule is CCC\C=C/C(C#N)=C\C=C(/C)N(CCC)CCC(C)CC. The first-order valence-corrected chi connectivity index (χ1v) is 8.79. The molecule has 0 aromatic heterocycles. The van der Waals surface area contributed by atoms with Gasteiger partial charge in [-0.3, -0.25) is 0 Å². The quantitative estimate of drug-likeness (QED) is 0.354. The van der Waals surface area contributed by atoms with Crippen LogP contribution in [-0.4, -0.2) is 18.0 Å². The maximum absolute atomic E-state index is 9.18. The Labute approximate surface area is 138 Å². The normalized spacial score (nSPS) is 14.2. The molecule has 0 aromatic carbocycles. The summed E-state index contributed by atoms with van der Waals surface area (Å²) in [6, 6.07) is 2.26. The minimum Gasteiger partial charge on any atom is -0.375 e. The third-order valence-corrected chi connectivity index (χ3v) is 3.97. The molecule has 0 bridgehead atoms. The first-order chi connectivity index (χ1) is 10.6. The van der Waals surface area contributed by atoms with E-state index in [4.69, 9.17) is 0 Å². The van der Waals surface area contributed by atoms with Crippen molar-refractivity contribution < 1.29 is 0 Å². The molecule has 0 aliphatic rings. The molecule has 0 aliphatic carbocycles. The minimum absolute atomic E-state index is 0.728. The lowest BCUT2D eigenvalue weighted by molar-refractivity contribution is 0.312. The van der Waals surface area contributed by atoms with Crippen molar-refractivity contribution in [3.63, 3.8) is 0 Å². The van der Waals surface area contributed by atoms with E-state index in [1.54, 1.807) is 0 Å². The summed E-state index contributed by atoms with van der Waals surface area (Å²) in [6.07, 6.45) is 13.8. The topological polar surface area (TPSA) is 27.0 Å². The monoisotopic (exact) mass is 302 g/mol. The highest BCUT2D eigenvalue weighted by Gasteiger charge is 2.06. The molecule has 1 atom stereocenters. The molecule has 0 amide bonds. The number of nitriles is 1. The van der Waals surface area contributed by atoms with Gasteiger partial charge in [-0.25, -0.2) is 0 Å². The summed E-state index contributed by atoms with van der Waals surface area (Å²) in [4.78, 5) is 2.44. The zero-order valence-electron chi connectivity index (χ0n) is 15.2. The Morgan fingerprint density at radius 3 is 2.41 bits per heavy atom. The van der Waals surface area contributed by atoms with Crippen LogP contribution in [0.1, 0.15) is 66.7 Å². The molecule has 0 heterocycles. The number of nitrogens with zero attached hydrogens (tertiary/aromatic N) is 2. The predicted molar refractivity (Wildman–Crippen MR) is 97.4 cm³/mol. The smallest absolute Gasteiger partial charge is 0.0991 e. The molecular weight excluding hydrogens is 268 g/mol. The van der Waals surface area contributed by atoms with Crippen LogP contribution in [0.5, 0.6) is 0 Å². The summed E-state index contributed by atoms with van der Waals surface area (Å²) < 4.78 is 0. The first kappa shape index (κ1) is 20.5. The van der Waals surface area contributed by atoms with Crippen molar-refractivity contribution in [3.05, 3.63) is 35.6 Å². The van der Waals surface area contributed by atoms with Gasteiger partial charge < -0.3 is 4.90 Å². The Morgan fingerprint density at radius 1 is 1.14 bits per heavy atom. The molecule has 2 nitrogen and oxygen atoms in total. The van der Waals surface area contributed by atoms with Crippen LogP contribution in [-0.2, 0) is 0 Å². The van der Waals surface area contributed by atoms with E-state index < -0.39 is 0 Å². The van der Waals surface area contributed by atoms with Crippen LogP contribution in [0, 0.1) is 17.2 Å². The van der Waals surface area contributed by atoms with Gasteiger partial charge in [-0.2, -0.15) is 5.26 Å². The summed E-state index contributed by atoms with van der Waals surface area (Å²) in [5.74, 6) is 0.773. The molecule has 0 N–H and O–H groups in total. The van der Waals surface area contributed by atoms with Gasteiger partial charge in [0.15, 0.2) is 0 Å².